The Balaban J connectivity index is 1.88. The molecule has 2 amide bonds. The summed E-state index contributed by atoms with van der Waals surface area (Å²) < 4.78 is 1.71. The molecule has 0 aliphatic rings. The second kappa shape index (κ2) is 5.31. The minimum absolute atomic E-state index is 0.283. The molecule has 0 unspecified atom stereocenters. The lowest BCUT2D eigenvalue weighted by Crippen LogP contribution is -2.29. The van der Waals surface area contributed by atoms with E-state index in [9.17, 15) is 4.79 Å². The van der Waals surface area contributed by atoms with E-state index in [1.54, 1.807) is 16.9 Å². The molecule has 6 heteroatoms. The Bertz CT molecular complexity index is 549. The van der Waals surface area contributed by atoms with E-state index >= 15 is 0 Å². The monoisotopic (exact) mass is 245 g/mol. The minimum Gasteiger partial charge on any atom is -0.332 e. The molecule has 0 fully saturated rings. The molecule has 2 heterocycles. The quantitative estimate of drug-likeness (QED) is 0.859. The maximum absolute atomic E-state index is 11.6. The van der Waals surface area contributed by atoms with Gasteiger partial charge in [0.2, 0.25) is 0 Å². The molecule has 6 nitrogen and oxygen atoms in total. The van der Waals surface area contributed by atoms with Crippen molar-refractivity contribution in [1.29, 1.82) is 0 Å². The lowest BCUT2D eigenvalue weighted by atomic mass is 10.4. The second-order valence-corrected chi connectivity index (χ2v) is 3.92. The Morgan fingerprint density at radius 2 is 2.22 bits per heavy atom. The predicted molar refractivity (Wildman–Crippen MR) is 68.0 cm³/mol. The van der Waals surface area contributed by atoms with Crippen LogP contribution >= 0.6 is 0 Å². The van der Waals surface area contributed by atoms with Gasteiger partial charge in [0.1, 0.15) is 5.82 Å². The number of nitrogens with one attached hydrogen (secondary N) is 2. The Kier molecular flexibility index (Phi) is 3.57. The van der Waals surface area contributed by atoms with Crippen LogP contribution < -0.4 is 10.6 Å². The Morgan fingerprint density at radius 3 is 2.89 bits per heavy atom. The number of aryl methyl sites for hydroxylation is 2. The van der Waals surface area contributed by atoms with Gasteiger partial charge in [0, 0.05) is 18.9 Å². The molecule has 0 bridgehead atoms. The van der Waals surface area contributed by atoms with E-state index in [1.807, 2.05) is 32.2 Å². The molecule has 0 aromatic carbocycles. The standard InChI is InChI=1S/C12H15N5O/c1-9-4-3-5-11(15-9)16-12(18)13-8-10-6-7-14-17(10)2/h3-7H,8H2,1-2H3,(H2,13,15,16,18). The van der Waals surface area contributed by atoms with Crippen molar-refractivity contribution < 1.29 is 4.79 Å². The largest absolute Gasteiger partial charge is 0.332 e. The molecule has 0 spiro atoms. The summed E-state index contributed by atoms with van der Waals surface area (Å²) in [5.41, 5.74) is 1.79. The average molecular weight is 245 g/mol. The number of pyridine rings is 1. The zero-order chi connectivity index (χ0) is 13.0. The van der Waals surface area contributed by atoms with E-state index in [-0.39, 0.29) is 6.03 Å². The van der Waals surface area contributed by atoms with Crippen LogP contribution in [0, 0.1) is 6.92 Å². The number of nitrogens with zero attached hydrogens (tertiary/aromatic N) is 3. The number of hydrogen-bond donors (Lipinski definition) is 2. The highest BCUT2D eigenvalue weighted by Crippen LogP contribution is 2.03. The van der Waals surface area contributed by atoms with Gasteiger partial charge in [0.15, 0.2) is 0 Å². The first-order chi connectivity index (χ1) is 8.65. The summed E-state index contributed by atoms with van der Waals surface area (Å²) >= 11 is 0. The Labute approximate surface area is 105 Å². The summed E-state index contributed by atoms with van der Waals surface area (Å²) in [7, 11) is 1.83. The molecule has 0 aliphatic heterocycles. The van der Waals surface area contributed by atoms with Crippen molar-refractivity contribution in [3.63, 3.8) is 0 Å². The maximum Gasteiger partial charge on any atom is 0.320 e. The average Bonchev–Trinajstić information content (AvgIpc) is 2.72. The highest BCUT2D eigenvalue weighted by atomic mass is 16.2. The molecule has 2 aromatic heterocycles. The maximum atomic E-state index is 11.6. The van der Waals surface area contributed by atoms with Crippen LogP contribution in [0.3, 0.4) is 0 Å². The van der Waals surface area contributed by atoms with Crippen LogP contribution in [0.2, 0.25) is 0 Å². The number of anilines is 1. The molecule has 94 valence electrons. The van der Waals surface area contributed by atoms with E-state index < -0.39 is 0 Å². The summed E-state index contributed by atoms with van der Waals surface area (Å²) in [6, 6.07) is 7.04. The first-order valence-electron chi connectivity index (χ1n) is 5.60. The summed E-state index contributed by atoms with van der Waals surface area (Å²) in [6.45, 7) is 2.30. The van der Waals surface area contributed by atoms with Crippen molar-refractivity contribution in [3.05, 3.63) is 41.9 Å². The van der Waals surface area contributed by atoms with Crippen molar-refractivity contribution in [2.45, 2.75) is 13.5 Å². The van der Waals surface area contributed by atoms with Crippen LogP contribution in [-0.2, 0) is 13.6 Å². The third-order valence-electron chi connectivity index (χ3n) is 2.48. The lowest BCUT2D eigenvalue weighted by Gasteiger charge is -2.07. The lowest BCUT2D eigenvalue weighted by molar-refractivity contribution is 0.251. The van der Waals surface area contributed by atoms with Gasteiger partial charge in [0.25, 0.3) is 0 Å². The van der Waals surface area contributed by atoms with Gasteiger partial charge in [-0.05, 0) is 25.1 Å². The number of amides is 2. The third kappa shape index (κ3) is 3.07. The van der Waals surface area contributed by atoms with E-state index in [0.29, 0.717) is 12.4 Å². The van der Waals surface area contributed by atoms with Crippen LogP contribution in [-0.4, -0.2) is 20.8 Å². The van der Waals surface area contributed by atoms with E-state index in [4.69, 9.17) is 0 Å². The molecule has 18 heavy (non-hydrogen) atoms. The van der Waals surface area contributed by atoms with Crippen molar-refractivity contribution >= 4 is 11.8 Å². The fourth-order valence-corrected chi connectivity index (χ4v) is 1.52. The molecular formula is C12H15N5O. The molecular weight excluding hydrogens is 230 g/mol. The van der Waals surface area contributed by atoms with Gasteiger partial charge in [-0.1, -0.05) is 6.07 Å². The summed E-state index contributed by atoms with van der Waals surface area (Å²) in [6.07, 6.45) is 1.69. The fraction of sp³-hybridized carbons (Fsp3) is 0.250. The number of urea groups is 1. The number of hydrogen-bond acceptors (Lipinski definition) is 3. The SMILES string of the molecule is Cc1cccc(NC(=O)NCc2ccnn2C)n1. The van der Waals surface area contributed by atoms with Gasteiger partial charge in [-0.2, -0.15) is 5.10 Å². The number of rotatable bonds is 3. The van der Waals surface area contributed by atoms with Crippen LogP contribution in [0.1, 0.15) is 11.4 Å². The number of carbonyl (C=O) groups is 1. The van der Waals surface area contributed by atoms with Gasteiger partial charge >= 0.3 is 6.03 Å². The molecule has 2 aromatic rings. The highest BCUT2D eigenvalue weighted by Gasteiger charge is 2.04. The van der Waals surface area contributed by atoms with Gasteiger partial charge in [0.05, 0.1) is 12.2 Å². The Morgan fingerprint density at radius 1 is 1.39 bits per heavy atom. The van der Waals surface area contributed by atoms with E-state index in [0.717, 1.165) is 11.4 Å². The summed E-state index contributed by atoms with van der Waals surface area (Å²) in [5.74, 6) is 0.539. The first kappa shape index (κ1) is 12.1. The smallest absolute Gasteiger partial charge is 0.320 e. The van der Waals surface area contributed by atoms with E-state index in [2.05, 4.69) is 20.7 Å². The normalized spacial score (nSPS) is 10.1. The molecule has 0 aliphatic carbocycles. The molecule has 0 atom stereocenters. The van der Waals surface area contributed by atoms with Crippen LogP contribution in [0.4, 0.5) is 10.6 Å². The first-order valence-corrected chi connectivity index (χ1v) is 5.60. The number of aromatic nitrogens is 3. The third-order valence-corrected chi connectivity index (χ3v) is 2.48. The molecule has 2 N–H and O–H groups in total. The van der Waals surface area contributed by atoms with Crippen molar-refractivity contribution in [1.82, 2.24) is 20.1 Å². The van der Waals surface area contributed by atoms with Crippen molar-refractivity contribution in [2.75, 3.05) is 5.32 Å². The van der Waals surface area contributed by atoms with Gasteiger partial charge < -0.3 is 5.32 Å². The number of carbonyl (C=O) groups excluding carboxylic acids is 1. The minimum atomic E-state index is -0.283. The van der Waals surface area contributed by atoms with Crippen LogP contribution in [0.25, 0.3) is 0 Å². The van der Waals surface area contributed by atoms with Gasteiger partial charge in [-0.15, -0.1) is 0 Å². The van der Waals surface area contributed by atoms with Crippen LogP contribution in [0.5, 0.6) is 0 Å². The zero-order valence-corrected chi connectivity index (χ0v) is 10.3. The van der Waals surface area contributed by atoms with Gasteiger partial charge in [-0.25, -0.2) is 9.78 Å². The predicted octanol–water partition coefficient (Wildman–Crippen LogP) is 1.45. The zero-order valence-electron chi connectivity index (χ0n) is 10.3. The highest BCUT2D eigenvalue weighted by molar-refractivity contribution is 5.88. The summed E-state index contributed by atoms with van der Waals surface area (Å²) in [5, 5.41) is 9.44. The second-order valence-electron chi connectivity index (χ2n) is 3.92. The molecule has 0 saturated heterocycles. The van der Waals surface area contributed by atoms with Crippen molar-refractivity contribution in [3.8, 4) is 0 Å². The summed E-state index contributed by atoms with van der Waals surface area (Å²) in [4.78, 5) is 15.8. The molecule has 2 rings (SSSR count). The molecule has 0 saturated carbocycles. The topological polar surface area (TPSA) is 71.8 Å². The Hall–Kier alpha value is -2.37. The van der Waals surface area contributed by atoms with Crippen LogP contribution in [0.15, 0.2) is 30.5 Å². The fourth-order valence-electron chi connectivity index (χ4n) is 1.52. The molecule has 0 radical (unpaired) electrons. The van der Waals surface area contributed by atoms with E-state index in [1.165, 1.54) is 0 Å². The van der Waals surface area contributed by atoms with Crippen molar-refractivity contribution in [2.24, 2.45) is 7.05 Å². The van der Waals surface area contributed by atoms with Gasteiger partial charge in [-0.3, -0.25) is 10.00 Å².